The van der Waals surface area contributed by atoms with Crippen molar-refractivity contribution in [2.24, 2.45) is 0 Å². The number of carbonyl (C=O) groups excluding carboxylic acids is 1. The van der Waals surface area contributed by atoms with Crippen LogP contribution in [0.4, 0.5) is 0 Å². The van der Waals surface area contributed by atoms with Crippen molar-refractivity contribution in [3.8, 4) is 17.5 Å². The minimum atomic E-state index is 0.273. The average Bonchev–Trinajstić information content (AvgIpc) is 3.27. The SMILES string of the molecule is N#Cc1cccc(Cn2nc(-c3ccc(C=O)o3)c3ccccc32)c1. The second-order valence-electron chi connectivity index (χ2n) is 5.66. The van der Waals surface area contributed by atoms with E-state index in [1.54, 1.807) is 18.2 Å². The van der Waals surface area contributed by atoms with Crippen LogP contribution in [-0.2, 0) is 6.54 Å². The number of nitriles is 1. The first-order valence-corrected chi connectivity index (χ1v) is 7.78. The molecule has 0 spiro atoms. The number of fused-ring (bicyclic) bond motifs is 1. The first-order chi connectivity index (χ1) is 12.3. The van der Waals surface area contributed by atoms with Gasteiger partial charge in [-0.3, -0.25) is 9.48 Å². The molecule has 0 aliphatic heterocycles. The predicted molar refractivity (Wildman–Crippen MR) is 93.1 cm³/mol. The third-order valence-corrected chi connectivity index (χ3v) is 4.02. The fourth-order valence-electron chi connectivity index (χ4n) is 2.89. The zero-order valence-electron chi connectivity index (χ0n) is 13.2. The highest BCUT2D eigenvalue weighted by Gasteiger charge is 2.15. The lowest BCUT2D eigenvalue weighted by molar-refractivity contribution is 0.110. The van der Waals surface area contributed by atoms with Crippen LogP contribution in [0, 0.1) is 11.3 Å². The summed E-state index contributed by atoms with van der Waals surface area (Å²) in [5.74, 6) is 0.832. The lowest BCUT2D eigenvalue weighted by Crippen LogP contribution is -2.01. The minimum Gasteiger partial charge on any atom is -0.452 e. The van der Waals surface area contributed by atoms with Crippen LogP contribution in [0.15, 0.2) is 65.1 Å². The number of hydrogen-bond donors (Lipinski definition) is 0. The number of benzene rings is 2. The maximum atomic E-state index is 10.9. The van der Waals surface area contributed by atoms with E-state index in [0.717, 1.165) is 16.5 Å². The molecule has 0 saturated carbocycles. The Labute approximate surface area is 143 Å². The number of para-hydroxylation sites is 1. The second kappa shape index (κ2) is 6.10. The summed E-state index contributed by atoms with van der Waals surface area (Å²) in [6, 6.07) is 20.9. The molecule has 0 aliphatic rings. The van der Waals surface area contributed by atoms with Crippen LogP contribution in [0.1, 0.15) is 21.7 Å². The summed E-state index contributed by atoms with van der Waals surface area (Å²) >= 11 is 0. The molecule has 5 heteroatoms. The van der Waals surface area contributed by atoms with Gasteiger partial charge >= 0.3 is 0 Å². The van der Waals surface area contributed by atoms with Crippen LogP contribution in [0.3, 0.4) is 0 Å². The maximum absolute atomic E-state index is 10.9. The van der Waals surface area contributed by atoms with Crippen LogP contribution in [-0.4, -0.2) is 16.1 Å². The van der Waals surface area contributed by atoms with Gasteiger partial charge in [0, 0.05) is 5.39 Å². The van der Waals surface area contributed by atoms with Crippen LogP contribution >= 0.6 is 0 Å². The van der Waals surface area contributed by atoms with Crippen molar-refractivity contribution < 1.29 is 9.21 Å². The van der Waals surface area contributed by atoms with Gasteiger partial charge in [-0.15, -0.1) is 0 Å². The van der Waals surface area contributed by atoms with E-state index in [2.05, 4.69) is 11.2 Å². The molecule has 25 heavy (non-hydrogen) atoms. The molecule has 0 unspecified atom stereocenters. The average molecular weight is 327 g/mol. The molecule has 2 aromatic carbocycles. The van der Waals surface area contributed by atoms with Crippen molar-refractivity contribution in [2.75, 3.05) is 0 Å². The Morgan fingerprint density at radius 1 is 1.12 bits per heavy atom. The van der Waals surface area contributed by atoms with E-state index >= 15 is 0 Å². The van der Waals surface area contributed by atoms with Crippen molar-refractivity contribution in [3.05, 3.63) is 77.6 Å². The highest BCUT2D eigenvalue weighted by atomic mass is 16.3. The Balaban J connectivity index is 1.82. The monoisotopic (exact) mass is 327 g/mol. The molecule has 4 aromatic rings. The molecule has 0 amide bonds. The first kappa shape index (κ1) is 14.9. The van der Waals surface area contributed by atoms with E-state index in [9.17, 15) is 4.79 Å². The zero-order valence-corrected chi connectivity index (χ0v) is 13.2. The number of aromatic nitrogens is 2. The molecule has 0 fully saturated rings. The molecule has 4 rings (SSSR count). The molecule has 5 nitrogen and oxygen atoms in total. The van der Waals surface area contributed by atoms with Crippen LogP contribution < -0.4 is 0 Å². The molecule has 120 valence electrons. The van der Waals surface area contributed by atoms with Crippen molar-refractivity contribution in [2.45, 2.75) is 6.54 Å². The molecular formula is C20H13N3O2. The Morgan fingerprint density at radius 3 is 2.80 bits per heavy atom. The fraction of sp³-hybridized carbons (Fsp3) is 0.0500. The van der Waals surface area contributed by atoms with Gasteiger partial charge in [-0.25, -0.2) is 0 Å². The number of carbonyl (C=O) groups is 1. The summed E-state index contributed by atoms with van der Waals surface area (Å²) in [5.41, 5.74) is 3.27. The topological polar surface area (TPSA) is 71.8 Å². The summed E-state index contributed by atoms with van der Waals surface area (Å²) in [5, 5.41) is 14.7. The number of nitrogens with zero attached hydrogens (tertiary/aromatic N) is 3. The van der Waals surface area contributed by atoms with Crippen LogP contribution in [0.5, 0.6) is 0 Å². The summed E-state index contributed by atoms with van der Waals surface area (Å²) in [6.45, 7) is 0.539. The van der Waals surface area contributed by atoms with Crippen LogP contribution in [0.2, 0.25) is 0 Å². The smallest absolute Gasteiger partial charge is 0.185 e. The van der Waals surface area contributed by atoms with E-state index in [1.165, 1.54) is 0 Å². The number of rotatable bonds is 4. The van der Waals surface area contributed by atoms with Gasteiger partial charge in [0.05, 0.1) is 23.7 Å². The summed E-state index contributed by atoms with van der Waals surface area (Å²) in [7, 11) is 0. The van der Waals surface area contributed by atoms with Gasteiger partial charge in [0.1, 0.15) is 5.69 Å². The van der Waals surface area contributed by atoms with E-state index in [4.69, 9.17) is 9.68 Å². The van der Waals surface area contributed by atoms with Crippen molar-refractivity contribution in [1.29, 1.82) is 5.26 Å². The molecule has 0 aliphatic carbocycles. The standard InChI is InChI=1S/C20H13N3O2/c21-11-14-4-3-5-15(10-14)12-23-18-7-2-1-6-17(18)20(22-23)19-9-8-16(13-24)25-19/h1-10,13H,12H2. The van der Waals surface area contributed by atoms with Crippen molar-refractivity contribution in [3.63, 3.8) is 0 Å². The predicted octanol–water partition coefficient (Wildman–Crippen LogP) is 4.03. The van der Waals surface area contributed by atoms with Gasteiger partial charge in [0.2, 0.25) is 0 Å². The first-order valence-electron chi connectivity index (χ1n) is 7.78. The molecule has 0 radical (unpaired) electrons. The van der Waals surface area contributed by atoms with Gasteiger partial charge in [-0.1, -0.05) is 30.3 Å². The van der Waals surface area contributed by atoms with E-state index in [1.807, 2.05) is 47.1 Å². The molecule has 0 N–H and O–H groups in total. The Kier molecular flexibility index (Phi) is 3.64. The van der Waals surface area contributed by atoms with E-state index in [0.29, 0.717) is 29.8 Å². The summed E-state index contributed by atoms with van der Waals surface area (Å²) in [6.07, 6.45) is 0.677. The quantitative estimate of drug-likeness (QED) is 0.531. The lowest BCUT2D eigenvalue weighted by Gasteiger charge is -2.04. The van der Waals surface area contributed by atoms with Crippen molar-refractivity contribution >= 4 is 17.2 Å². The highest BCUT2D eigenvalue weighted by Crippen LogP contribution is 2.29. The third-order valence-electron chi connectivity index (χ3n) is 4.02. The van der Waals surface area contributed by atoms with Crippen molar-refractivity contribution in [1.82, 2.24) is 9.78 Å². The maximum Gasteiger partial charge on any atom is 0.185 e. The highest BCUT2D eigenvalue weighted by molar-refractivity contribution is 5.92. The van der Waals surface area contributed by atoms with E-state index < -0.39 is 0 Å². The summed E-state index contributed by atoms with van der Waals surface area (Å²) < 4.78 is 7.42. The lowest BCUT2D eigenvalue weighted by atomic mass is 10.1. The molecule has 0 atom stereocenters. The number of furan rings is 1. The molecule has 2 heterocycles. The largest absolute Gasteiger partial charge is 0.452 e. The zero-order chi connectivity index (χ0) is 17.2. The third kappa shape index (κ3) is 2.70. The van der Waals surface area contributed by atoms with Gasteiger partial charge in [0.15, 0.2) is 17.8 Å². The van der Waals surface area contributed by atoms with Gasteiger partial charge in [-0.2, -0.15) is 10.4 Å². The molecular weight excluding hydrogens is 314 g/mol. The second-order valence-corrected chi connectivity index (χ2v) is 5.66. The summed E-state index contributed by atoms with van der Waals surface area (Å²) in [4.78, 5) is 10.9. The number of hydrogen-bond acceptors (Lipinski definition) is 4. The van der Waals surface area contributed by atoms with Gasteiger partial charge in [-0.05, 0) is 35.9 Å². The molecule has 0 bridgehead atoms. The minimum absolute atomic E-state index is 0.273. The van der Waals surface area contributed by atoms with Gasteiger partial charge < -0.3 is 4.42 Å². The molecule has 0 saturated heterocycles. The Bertz CT molecular complexity index is 1120. The van der Waals surface area contributed by atoms with Crippen LogP contribution in [0.25, 0.3) is 22.4 Å². The Morgan fingerprint density at radius 2 is 2.00 bits per heavy atom. The Hall–Kier alpha value is -3.65. The normalized spacial score (nSPS) is 10.7. The van der Waals surface area contributed by atoms with Gasteiger partial charge in [0.25, 0.3) is 0 Å². The molecule has 2 aromatic heterocycles. The fourth-order valence-corrected chi connectivity index (χ4v) is 2.89. The van der Waals surface area contributed by atoms with E-state index in [-0.39, 0.29) is 5.76 Å². The number of aldehydes is 1.